The Labute approximate surface area is 85.5 Å². The molecule has 0 amide bonds. The predicted octanol–water partition coefficient (Wildman–Crippen LogP) is 3.57. The van der Waals surface area contributed by atoms with Crippen molar-refractivity contribution in [3.05, 3.63) is 47.5 Å². The zero-order valence-electron chi connectivity index (χ0n) is 9.00. The topological polar surface area (TPSA) is 17.1 Å². The van der Waals surface area contributed by atoms with Crippen LogP contribution in [0.1, 0.15) is 42.6 Å². The van der Waals surface area contributed by atoms with Crippen molar-refractivity contribution in [3.63, 3.8) is 0 Å². The lowest BCUT2D eigenvalue weighted by Crippen LogP contribution is -2.05. The highest BCUT2D eigenvalue weighted by atomic mass is 16.1. The van der Waals surface area contributed by atoms with Crippen molar-refractivity contribution in [2.75, 3.05) is 0 Å². The summed E-state index contributed by atoms with van der Waals surface area (Å²) in [7, 11) is 0. The minimum Gasteiger partial charge on any atom is -0.289 e. The largest absolute Gasteiger partial charge is 0.289 e. The van der Waals surface area contributed by atoms with Crippen LogP contribution in [0.15, 0.2) is 36.4 Å². The van der Waals surface area contributed by atoms with E-state index < -0.39 is 0 Å². The Morgan fingerprint density at radius 1 is 1.29 bits per heavy atom. The van der Waals surface area contributed by atoms with E-state index in [2.05, 4.69) is 20.4 Å². The van der Waals surface area contributed by atoms with Crippen LogP contribution in [0, 0.1) is 0 Å². The first-order chi connectivity index (χ1) is 6.54. The van der Waals surface area contributed by atoms with Gasteiger partial charge in [-0.1, -0.05) is 44.7 Å². The molecule has 0 aliphatic rings. The Balaban J connectivity index is 3.20. The number of carbonyl (C=O) groups excluding carboxylic acids is 1. The van der Waals surface area contributed by atoms with Gasteiger partial charge in [-0.15, -0.1) is 0 Å². The van der Waals surface area contributed by atoms with Crippen LogP contribution in [0.4, 0.5) is 0 Å². The number of Topliss-reactive ketones (excluding diaryl/α,β-unsaturated/α-hetero) is 1. The third kappa shape index (κ3) is 2.11. The van der Waals surface area contributed by atoms with Crippen LogP contribution in [0.5, 0.6) is 0 Å². The molecule has 0 saturated carbocycles. The van der Waals surface area contributed by atoms with Gasteiger partial charge in [0.25, 0.3) is 0 Å². The number of carbonyl (C=O) groups is 1. The smallest absolute Gasteiger partial charge is 0.188 e. The molecule has 0 radical (unpaired) electrons. The van der Waals surface area contributed by atoms with Crippen LogP contribution in [-0.4, -0.2) is 5.78 Å². The quantitative estimate of drug-likeness (QED) is 0.523. The molecule has 1 aromatic carbocycles. The molecule has 0 aliphatic heterocycles. The van der Waals surface area contributed by atoms with E-state index in [0.717, 1.165) is 11.1 Å². The van der Waals surface area contributed by atoms with Crippen molar-refractivity contribution in [2.24, 2.45) is 0 Å². The third-order valence-electron chi connectivity index (χ3n) is 2.22. The summed E-state index contributed by atoms with van der Waals surface area (Å²) in [6.07, 6.45) is 0. The van der Waals surface area contributed by atoms with Crippen LogP contribution in [0.3, 0.4) is 0 Å². The molecule has 1 rings (SSSR count). The van der Waals surface area contributed by atoms with Gasteiger partial charge in [0.2, 0.25) is 0 Å². The van der Waals surface area contributed by atoms with E-state index in [1.54, 1.807) is 6.92 Å². The maximum absolute atomic E-state index is 11.8. The van der Waals surface area contributed by atoms with Gasteiger partial charge >= 0.3 is 0 Å². The first kappa shape index (κ1) is 10.7. The molecule has 0 spiro atoms. The first-order valence-electron chi connectivity index (χ1n) is 4.83. The molecule has 1 aromatic rings. The molecule has 0 unspecified atom stereocenters. The van der Waals surface area contributed by atoms with Gasteiger partial charge in [-0.3, -0.25) is 4.79 Å². The molecule has 74 valence electrons. The molecule has 0 N–H and O–H groups in total. The van der Waals surface area contributed by atoms with Crippen molar-refractivity contribution >= 4 is 5.78 Å². The molecule has 0 saturated heterocycles. The van der Waals surface area contributed by atoms with Gasteiger partial charge < -0.3 is 0 Å². The fourth-order valence-corrected chi connectivity index (χ4v) is 1.44. The van der Waals surface area contributed by atoms with Crippen LogP contribution < -0.4 is 0 Å². The molecule has 0 aliphatic carbocycles. The molecule has 1 heteroatoms. The van der Waals surface area contributed by atoms with Gasteiger partial charge in [-0.25, -0.2) is 0 Å². The lowest BCUT2D eigenvalue weighted by atomic mass is 9.93. The number of benzene rings is 1. The highest BCUT2D eigenvalue weighted by molar-refractivity contribution is 6.08. The zero-order valence-corrected chi connectivity index (χ0v) is 9.00. The van der Waals surface area contributed by atoms with Gasteiger partial charge in [-0.2, -0.15) is 0 Å². The maximum atomic E-state index is 11.8. The van der Waals surface area contributed by atoms with Crippen LogP contribution >= 0.6 is 0 Å². The Morgan fingerprint density at radius 2 is 1.86 bits per heavy atom. The number of allylic oxidation sites excluding steroid dienone is 1. The third-order valence-corrected chi connectivity index (χ3v) is 2.22. The van der Waals surface area contributed by atoms with E-state index in [9.17, 15) is 4.79 Å². The predicted molar refractivity (Wildman–Crippen MR) is 59.7 cm³/mol. The van der Waals surface area contributed by atoms with Gasteiger partial charge in [0.05, 0.1) is 0 Å². The highest BCUT2D eigenvalue weighted by Crippen LogP contribution is 2.21. The monoisotopic (exact) mass is 188 g/mol. The summed E-state index contributed by atoms with van der Waals surface area (Å²) in [4.78, 5) is 11.8. The first-order valence-corrected chi connectivity index (χ1v) is 4.83. The summed E-state index contributed by atoms with van der Waals surface area (Å²) >= 11 is 0. The van der Waals surface area contributed by atoms with Crippen LogP contribution in [0.2, 0.25) is 0 Å². The second-order valence-corrected chi connectivity index (χ2v) is 3.85. The fourth-order valence-electron chi connectivity index (χ4n) is 1.44. The standard InChI is InChI=1S/C13H16O/c1-9(2)11-7-5-6-8-12(11)13(14)10(3)4/h5-9H,3H2,1-2,4H3. The summed E-state index contributed by atoms with van der Waals surface area (Å²) in [5.41, 5.74) is 2.48. The fraction of sp³-hybridized carbons (Fsp3) is 0.308. The molecule has 1 nitrogen and oxygen atoms in total. The number of ketones is 1. The average Bonchev–Trinajstić information content (AvgIpc) is 2.16. The van der Waals surface area contributed by atoms with Crippen molar-refractivity contribution in [2.45, 2.75) is 26.7 Å². The molecule has 0 bridgehead atoms. The SMILES string of the molecule is C=C(C)C(=O)c1ccccc1C(C)C. The van der Waals surface area contributed by atoms with Gasteiger partial charge in [0.15, 0.2) is 5.78 Å². The molecular formula is C13H16O. The minimum atomic E-state index is 0.0503. The van der Waals surface area contributed by atoms with E-state index in [4.69, 9.17) is 0 Å². The summed E-state index contributed by atoms with van der Waals surface area (Å²) in [5.74, 6) is 0.420. The zero-order chi connectivity index (χ0) is 10.7. The van der Waals surface area contributed by atoms with Crippen molar-refractivity contribution in [1.82, 2.24) is 0 Å². The van der Waals surface area contributed by atoms with E-state index in [0.29, 0.717) is 11.5 Å². The second-order valence-electron chi connectivity index (χ2n) is 3.85. The van der Waals surface area contributed by atoms with E-state index >= 15 is 0 Å². The second kappa shape index (κ2) is 4.23. The Morgan fingerprint density at radius 3 is 2.36 bits per heavy atom. The summed E-state index contributed by atoms with van der Waals surface area (Å²) in [6.45, 7) is 9.61. The normalized spacial score (nSPS) is 10.3. The Hall–Kier alpha value is -1.37. The van der Waals surface area contributed by atoms with Gasteiger partial charge in [0.1, 0.15) is 0 Å². The number of hydrogen-bond donors (Lipinski definition) is 0. The number of rotatable bonds is 3. The molecule has 0 atom stereocenters. The molecule has 0 fully saturated rings. The lowest BCUT2D eigenvalue weighted by molar-refractivity contribution is 0.103. The molecular weight excluding hydrogens is 172 g/mol. The van der Waals surface area contributed by atoms with E-state index in [1.807, 2.05) is 24.3 Å². The van der Waals surface area contributed by atoms with Gasteiger partial charge in [0, 0.05) is 5.56 Å². The van der Waals surface area contributed by atoms with Gasteiger partial charge in [-0.05, 0) is 24.0 Å². The highest BCUT2D eigenvalue weighted by Gasteiger charge is 2.12. The molecule has 0 heterocycles. The van der Waals surface area contributed by atoms with Crippen LogP contribution in [0.25, 0.3) is 0 Å². The van der Waals surface area contributed by atoms with Crippen LogP contribution in [-0.2, 0) is 0 Å². The average molecular weight is 188 g/mol. The van der Waals surface area contributed by atoms with Crippen molar-refractivity contribution in [1.29, 1.82) is 0 Å². The lowest BCUT2D eigenvalue weighted by Gasteiger charge is -2.11. The minimum absolute atomic E-state index is 0.0503. The molecule has 14 heavy (non-hydrogen) atoms. The van der Waals surface area contributed by atoms with E-state index in [1.165, 1.54) is 0 Å². The van der Waals surface area contributed by atoms with Crippen molar-refractivity contribution in [3.8, 4) is 0 Å². The Bertz CT molecular complexity index is 361. The van der Waals surface area contributed by atoms with Crippen molar-refractivity contribution < 1.29 is 4.79 Å². The maximum Gasteiger partial charge on any atom is 0.188 e. The molecule has 0 aromatic heterocycles. The van der Waals surface area contributed by atoms with E-state index in [-0.39, 0.29) is 5.78 Å². The summed E-state index contributed by atoms with van der Waals surface area (Å²) in [6, 6.07) is 7.72. The summed E-state index contributed by atoms with van der Waals surface area (Å²) in [5, 5.41) is 0. The number of hydrogen-bond acceptors (Lipinski definition) is 1. The summed E-state index contributed by atoms with van der Waals surface area (Å²) < 4.78 is 0. The Kier molecular flexibility index (Phi) is 3.23.